The normalized spacial score (nSPS) is 17.2. The van der Waals surface area contributed by atoms with Gasteiger partial charge in [0.15, 0.2) is 0 Å². The van der Waals surface area contributed by atoms with E-state index >= 15 is 0 Å². The van der Waals surface area contributed by atoms with Gasteiger partial charge < -0.3 is 9.80 Å². The van der Waals surface area contributed by atoms with E-state index in [2.05, 4.69) is 4.98 Å². The second kappa shape index (κ2) is 8.92. The predicted molar refractivity (Wildman–Crippen MR) is 99.1 cm³/mol. The molecule has 0 N–H and O–H groups in total. The molecule has 2 heterocycles. The van der Waals surface area contributed by atoms with Gasteiger partial charge >= 0.3 is 0 Å². The Labute approximate surface area is 155 Å². The van der Waals surface area contributed by atoms with Crippen molar-refractivity contribution in [1.29, 1.82) is 0 Å². The molecule has 0 unspecified atom stereocenters. The molecule has 1 saturated heterocycles. The van der Waals surface area contributed by atoms with Crippen LogP contribution in [0.3, 0.4) is 0 Å². The SMILES string of the molecule is CCC(C)(C)C(=O)C(=O)N1CCC[C@H]1N(C=O)CCCc1cccnc1. The standard InChI is InChI=1S/C20H29N3O3/c1-4-20(2,3)18(25)19(26)23-13-7-10-17(23)22(15-24)12-6-9-16-8-5-11-21-14-16/h5,8,11,14-15,17H,4,6-7,9-10,12-13H2,1-3H3/t17-/m0/s1. The number of carbonyl (C=O) groups is 3. The van der Waals surface area contributed by atoms with E-state index in [0.29, 0.717) is 19.5 Å². The van der Waals surface area contributed by atoms with E-state index in [4.69, 9.17) is 0 Å². The molecule has 0 radical (unpaired) electrons. The average molecular weight is 359 g/mol. The summed E-state index contributed by atoms with van der Waals surface area (Å²) in [4.78, 5) is 44.2. The van der Waals surface area contributed by atoms with Gasteiger partial charge in [-0.05, 0) is 43.7 Å². The lowest BCUT2D eigenvalue weighted by Gasteiger charge is -2.34. The Morgan fingerprint density at radius 1 is 1.42 bits per heavy atom. The quantitative estimate of drug-likeness (QED) is 0.501. The van der Waals surface area contributed by atoms with Crippen molar-refractivity contribution in [1.82, 2.24) is 14.8 Å². The Balaban J connectivity index is 1.98. The highest BCUT2D eigenvalue weighted by molar-refractivity contribution is 6.38. The van der Waals surface area contributed by atoms with Gasteiger partial charge in [0.2, 0.25) is 12.2 Å². The first-order valence-electron chi connectivity index (χ1n) is 9.36. The lowest BCUT2D eigenvalue weighted by molar-refractivity contribution is -0.152. The number of rotatable bonds is 9. The Hall–Kier alpha value is -2.24. The number of ketones is 1. The highest BCUT2D eigenvalue weighted by atomic mass is 16.2. The maximum absolute atomic E-state index is 12.7. The van der Waals surface area contributed by atoms with Crippen LogP contribution in [0.4, 0.5) is 0 Å². The molecule has 1 aliphatic rings. The van der Waals surface area contributed by atoms with Crippen LogP contribution in [0.15, 0.2) is 24.5 Å². The molecule has 0 bridgehead atoms. The molecule has 2 amide bonds. The van der Waals surface area contributed by atoms with Gasteiger partial charge in [-0.3, -0.25) is 19.4 Å². The fraction of sp³-hybridized carbons (Fsp3) is 0.600. The summed E-state index contributed by atoms with van der Waals surface area (Å²) in [6.07, 6.45) is 7.79. The molecule has 0 aliphatic carbocycles. The van der Waals surface area contributed by atoms with Crippen molar-refractivity contribution in [2.75, 3.05) is 13.1 Å². The maximum Gasteiger partial charge on any atom is 0.292 e. The molecule has 1 fully saturated rings. The van der Waals surface area contributed by atoms with E-state index in [-0.39, 0.29) is 11.9 Å². The van der Waals surface area contributed by atoms with Crippen LogP contribution >= 0.6 is 0 Å². The maximum atomic E-state index is 12.7. The van der Waals surface area contributed by atoms with E-state index in [1.54, 1.807) is 29.8 Å². The van der Waals surface area contributed by atoms with Crippen molar-refractivity contribution in [3.63, 3.8) is 0 Å². The van der Waals surface area contributed by atoms with Crippen LogP contribution < -0.4 is 0 Å². The molecule has 1 aliphatic heterocycles. The summed E-state index contributed by atoms with van der Waals surface area (Å²) in [6.45, 7) is 6.58. The third kappa shape index (κ3) is 4.68. The molecule has 142 valence electrons. The van der Waals surface area contributed by atoms with Crippen LogP contribution in [0, 0.1) is 5.41 Å². The number of pyridine rings is 1. The first-order valence-corrected chi connectivity index (χ1v) is 9.36. The molecule has 0 spiro atoms. The highest BCUT2D eigenvalue weighted by Gasteiger charge is 2.40. The molecule has 26 heavy (non-hydrogen) atoms. The third-order valence-electron chi connectivity index (χ3n) is 5.30. The summed E-state index contributed by atoms with van der Waals surface area (Å²) < 4.78 is 0. The zero-order chi connectivity index (χ0) is 19.2. The van der Waals surface area contributed by atoms with Crippen LogP contribution in [-0.4, -0.2) is 52.1 Å². The van der Waals surface area contributed by atoms with Gasteiger partial charge in [-0.15, -0.1) is 0 Å². The van der Waals surface area contributed by atoms with Crippen LogP contribution in [-0.2, 0) is 20.8 Å². The summed E-state index contributed by atoms with van der Waals surface area (Å²) in [5, 5.41) is 0. The molecule has 0 aromatic carbocycles. The van der Waals surface area contributed by atoms with Crippen molar-refractivity contribution in [3.05, 3.63) is 30.1 Å². The summed E-state index contributed by atoms with van der Waals surface area (Å²) in [6, 6.07) is 3.90. The summed E-state index contributed by atoms with van der Waals surface area (Å²) in [5.41, 5.74) is 0.453. The monoisotopic (exact) mass is 359 g/mol. The van der Waals surface area contributed by atoms with Crippen LogP contribution in [0.1, 0.15) is 52.0 Å². The van der Waals surface area contributed by atoms with Gasteiger partial charge in [0.05, 0.1) is 0 Å². The molecule has 6 heteroatoms. The zero-order valence-electron chi connectivity index (χ0n) is 16.0. The predicted octanol–water partition coefficient (Wildman–Crippen LogP) is 2.43. The van der Waals surface area contributed by atoms with E-state index < -0.39 is 11.3 Å². The topological polar surface area (TPSA) is 70.6 Å². The van der Waals surface area contributed by atoms with Crippen molar-refractivity contribution < 1.29 is 14.4 Å². The first kappa shape index (κ1) is 20.1. The van der Waals surface area contributed by atoms with Gasteiger partial charge in [-0.25, -0.2) is 0 Å². The Morgan fingerprint density at radius 3 is 2.81 bits per heavy atom. The lowest BCUT2D eigenvalue weighted by atomic mass is 9.84. The molecule has 0 saturated carbocycles. The van der Waals surface area contributed by atoms with Crippen molar-refractivity contribution in [2.45, 2.75) is 59.0 Å². The minimum Gasteiger partial charge on any atom is -0.325 e. The summed E-state index contributed by atoms with van der Waals surface area (Å²) in [5.74, 6) is -0.827. The third-order valence-corrected chi connectivity index (χ3v) is 5.30. The van der Waals surface area contributed by atoms with Gasteiger partial charge in [0.1, 0.15) is 6.17 Å². The number of amides is 2. The second-order valence-corrected chi connectivity index (χ2v) is 7.50. The number of hydrogen-bond donors (Lipinski definition) is 0. The van der Waals surface area contributed by atoms with Gasteiger partial charge in [-0.2, -0.15) is 0 Å². The summed E-state index contributed by atoms with van der Waals surface area (Å²) >= 11 is 0. The van der Waals surface area contributed by atoms with E-state index in [1.807, 2.05) is 25.3 Å². The molecule has 1 aromatic rings. The van der Waals surface area contributed by atoms with Crippen molar-refractivity contribution in [3.8, 4) is 0 Å². The molecular weight excluding hydrogens is 330 g/mol. The Kier molecular flexibility index (Phi) is 6.89. The number of carbonyl (C=O) groups excluding carboxylic acids is 3. The molecule has 6 nitrogen and oxygen atoms in total. The van der Waals surface area contributed by atoms with E-state index in [0.717, 1.165) is 37.7 Å². The minimum atomic E-state index is -0.670. The number of Topliss-reactive ketones (excluding diaryl/α,β-unsaturated/α-hetero) is 1. The number of aryl methyl sites for hydroxylation is 1. The van der Waals surface area contributed by atoms with Crippen LogP contribution in [0.5, 0.6) is 0 Å². The van der Waals surface area contributed by atoms with Gasteiger partial charge in [0, 0.05) is 30.9 Å². The molecule has 1 aromatic heterocycles. The van der Waals surface area contributed by atoms with Crippen molar-refractivity contribution in [2.24, 2.45) is 5.41 Å². The van der Waals surface area contributed by atoms with E-state index in [1.165, 1.54) is 0 Å². The second-order valence-electron chi connectivity index (χ2n) is 7.50. The van der Waals surface area contributed by atoms with E-state index in [9.17, 15) is 14.4 Å². The first-order chi connectivity index (χ1) is 12.4. The van der Waals surface area contributed by atoms with Crippen LogP contribution in [0.2, 0.25) is 0 Å². The summed E-state index contributed by atoms with van der Waals surface area (Å²) in [7, 11) is 0. The number of nitrogens with zero attached hydrogens (tertiary/aromatic N) is 3. The number of hydrogen-bond acceptors (Lipinski definition) is 4. The van der Waals surface area contributed by atoms with Gasteiger partial charge in [-0.1, -0.05) is 26.8 Å². The minimum absolute atomic E-state index is 0.314. The number of likely N-dealkylation sites (tertiary alicyclic amines) is 1. The Bertz CT molecular complexity index is 630. The molecular formula is C20H29N3O3. The zero-order valence-corrected chi connectivity index (χ0v) is 16.0. The number of aromatic nitrogens is 1. The lowest BCUT2D eigenvalue weighted by Crippen LogP contribution is -2.51. The smallest absolute Gasteiger partial charge is 0.292 e. The van der Waals surface area contributed by atoms with Crippen LogP contribution in [0.25, 0.3) is 0 Å². The molecule has 2 rings (SSSR count). The molecule has 1 atom stereocenters. The fourth-order valence-corrected chi connectivity index (χ4v) is 3.20. The largest absolute Gasteiger partial charge is 0.325 e. The average Bonchev–Trinajstić information content (AvgIpc) is 3.14. The van der Waals surface area contributed by atoms with Gasteiger partial charge in [0.25, 0.3) is 5.91 Å². The highest BCUT2D eigenvalue weighted by Crippen LogP contribution is 2.26. The Morgan fingerprint density at radius 2 is 2.19 bits per heavy atom. The fourth-order valence-electron chi connectivity index (χ4n) is 3.20. The van der Waals surface area contributed by atoms with Crippen molar-refractivity contribution >= 4 is 18.1 Å².